The number of halogens is 1. The van der Waals surface area contributed by atoms with Crippen LogP contribution >= 0.6 is 22.9 Å². The van der Waals surface area contributed by atoms with E-state index >= 15 is 0 Å². The summed E-state index contributed by atoms with van der Waals surface area (Å²) in [5.74, 6) is -0.172. The summed E-state index contributed by atoms with van der Waals surface area (Å²) in [5, 5.41) is 2.86. The number of amides is 2. The van der Waals surface area contributed by atoms with Crippen LogP contribution in [0.3, 0.4) is 0 Å². The van der Waals surface area contributed by atoms with Gasteiger partial charge in [0.15, 0.2) is 5.78 Å². The molecule has 0 unspecified atom stereocenters. The van der Waals surface area contributed by atoms with E-state index in [1.807, 2.05) is 32.0 Å². The highest BCUT2D eigenvalue weighted by molar-refractivity contribution is 7.17. The molecule has 2 saturated carbocycles. The SMILES string of the molecule is CC.O=C(N[C@H](C(=O)N1C[C@H](Cl)[C@H]2CCC(=O)[C@H]21)C1CCCCC1)c1ccc(-c2cccnc2)s1. The maximum Gasteiger partial charge on any atom is 0.262 e. The van der Waals surface area contributed by atoms with Gasteiger partial charge in [0.05, 0.1) is 16.3 Å². The molecule has 6 nitrogen and oxygen atoms in total. The van der Waals surface area contributed by atoms with Gasteiger partial charge in [0.25, 0.3) is 5.91 Å². The molecule has 3 heterocycles. The van der Waals surface area contributed by atoms with Crippen molar-refractivity contribution in [3.63, 3.8) is 0 Å². The summed E-state index contributed by atoms with van der Waals surface area (Å²) in [6.45, 7) is 4.38. The molecule has 0 radical (unpaired) electrons. The van der Waals surface area contributed by atoms with Crippen LogP contribution in [0.4, 0.5) is 0 Å². The third kappa shape index (κ3) is 5.46. The van der Waals surface area contributed by atoms with Gasteiger partial charge in [-0.3, -0.25) is 19.4 Å². The fraction of sp³-hybridized carbons (Fsp3) is 0.556. The third-order valence-electron chi connectivity index (χ3n) is 7.36. The zero-order valence-corrected chi connectivity index (χ0v) is 22.0. The summed E-state index contributed by atoms with van der Waals surface area (Å²) in [6, 6.07) is 6.48. The van der Waals surface area contributed by atoms with E-state index in [1.54, 1.807) is 23.4 Å². The number of nitrogens with zero attached hydrogens (tertiary/aromatic N) is 2. The van der Waals surface area contributed by atoms with Crippen molar-refractivity contribution in [3.8, 4) is 10.4 Å². The number of nitrogens with one attached hydrogen (secondary N) is 1. The molecule has 0 aromatic carbocycles. The number of carbonyl (C=O) groups excluding carboxylic acids is 3. The molecule has 0 bridgehead atoms. The molecule has 2 amide bonds. The van der Waals surface area contributed by atoms with Crippen LogP contribution in [0.2, 0.25) is 0 Å². The largest absolute Gasteiger partial charge is 0.339 e. The van der Waals surface area contributed by atoms with E-state index < -0.39 is 12.1 Å². The number of fused-ring (bicyclic) bond motifs is 1. The lowest BCUT2D eigenvalue weighted by atomic mass is 9.83. The van der Waals surface area contributed by atoms with Crippen molar-refractivity contribution >= 4 is 40.5 Å². The van der Waals surface area contributed by atoms with Gasteiger partial charge < -0.3 is 10.2 Å². The average molecular weight is 516 g/mol. The van der Waals surface area contributed by atoms with Crippen LogP contribution in [-0.4, -0.2) is 51.5 Å². The second-order valence-corrected chi connectivity index (χ2v) is 11.0. The minimum absolute atomic E-state index is 0.0326. The molecule has 2 aromatic heterocycles. The summed E-state index contributed by atoms with van der Waals surface area (Å²) in [7, 11) is 0. The highest BCUT2D eigenvalue weighted by Gasteiger charge is 2.52. The first-order valence-corrected chi connectivity index (χ1v) is 14.1. The fourth-order valence-corrected chi connectivity index (χ4v) is 6.98. The Morgan fingerprint density at radius 1 is 1.14 bits per heavy atom. The van der Waals surface area contributed by atoms with Gasteiger partial charge in [-0.05, 0) is 43.4 Å². The van der Waals surface area contributed by atoms with Gasteiger partial charge in [-0.25, -0.2) is 0 Å². The molecular weight excluding hydrogens is 482 g/mol. The van der Waals surface area contributed by atoms with Gasteiger partial charge >= 0.3 is 0 Å². The lowest BCUT2D eigenvalue weighted by Gasteiger charge is -2.34. The van der Waals surface area contributed by atoms with Crippen LogP contribution in [0.25, 0.3) is 10.4 Å². The predicted molar refractivity (Wildman–Crippen MR) is 140 cm³/mol. The average Bonchev–Trinajstić information content (AvgIpc) is 3.62. The van der Waals surface area contributed by atoms with Crippen molar-refractivity contribution in [2.45, 2.75) is 76.3 Å². The molecule has 8 heteroatoms. The molecule has 1 saturated heterocycles. The van der Waals surface area contributed by atoms with Crippen molar-refractivity contribution in [1.29, 1.82) is 0 Å². The molecular formula is C27H34ClN3O3S. The highest BCUT2D eigenvalue weighted by atomic mass is 35.5. The number of pyridine rings is 1. The molecule has 4 atom stereocenters. The van der Waals surface area contributed by atoms with Crippen molar-refractivity contribution < 1.29 is 14.4 Å². The van der Waals surface area contributed by atoms with Gasteiger partial charge in [0, 0.05) is 41.7 Å². The second kappa shape index (κ2) is 11.7. The second-order valence-electron chi connectivity index (χ2n) is 9.38. The van der Waals surface area contributed by atoms with E-state index in [4.69, 9.17) is 11.6 Å². The summed E-state index contributed by atoms with van der Waals surface area (Å²) >= 11 is 7.92. The van der Waals surface area contributed by atoms with E-state index in [2.05, 4.69) is 10.3 Å². The summed E-state index contributed by atoms with van der Waals surface area (Å²) in [5.41, 5.74) is 0.956. The van der Waals surface area contributed by atoms with E-state index in [9.17, 15) is 14.4 Å². The Hall–Kier alpha value is -2.25. The quantitative estimate of drug-likeness (QED) is 0.547. The Morgan fingerprint density at radius 2 is 1.91 bits per heavy atom. The normalized spacial score (nSPS) is 24.9. The number of aromatic nitrogens is 1. The molecule has 0 spiro atoms. The Kier molecular flexibility index (Phi) is 8.60. The van der Waals surface area contributed by atoms with Crippen molar-refractivity contribution in [2.75, 3.05) is 6.54 Å². The first-order valence-electron chi connectivity index (χ1n) is 12.8. The molecule has 188 valence electrons. The number of likely N-dealkylation sites (tertiary alicyclic amines) is 1. The molecule has 5 rings (SSSR count). The number of ketones is 1. The van der Waals surface area contributed by atoms with Crippen molar-refractivity contribution in [1.82, 2.24) is 15.2 Å². The number of alkyl halides is 1. The number of thiophene rings is 1. The number of Topliss-reactive ketones (excluding diaryl/α,β-unsaturated/α-hetero) is 1. The zero-order valence-electron chi connectivity index (χ0n) is 20.4. The lowest BCUT2D eigenvalue weighted by Crippen LogP contribution is -2.55. The monoisotopic (exact) mass is 515 g/mol. The number of hydrogen-bond donors (Lipinski definition) is 1. The highest BCUT2D eigenvalue weighted by Crippen LogP contribution is 2.40. The topological polar surface area (TPSA) is 79.4 Å². The summed E-state index contributed by atoms with van der Waals surface area (Å²) < 4.78 is 0. The van der Waals surface area contributed by atoms with E-state index in [-0.39, 0.29) is 34.8 Å². The fourth-order valence-electron chi connectivity index (χ4n) is 5.66. The minimum atomic E-state index is -0.627. The number of rotatable bonds is 5. The van der Waals surface area contributed by atoms with Gasteiger partial charge in [0.2, 0.25) is 5.91 Å². The maximum absolute atomic E-state index is 13.8. The Labute approximate surface area is 216 Å². The van der Waals surface area contributed by atoms with Crippen LogP contribution in [0.1, 0.15) is 68.5 Å². The molecule has 35 heavy (non-hydrogen) atoms. The molecule has 2 aromatic rings. The Bertz CT molecular complexity index is 1040. The summed E-state index contributed by atoms with van der Waals surface area (Å²) in [6.07, 6.45) is 9.78. The van der Waals surface area contributed by atoms with Crippen molar-refractivity contribution in [2.24, 2.45) is 11.8 Å². The van der Waals surface area contributed by atoms with Gasteiger partial charge in [-0.1, -0.05) is 39.2 Å². The van der Waals surface area contributed by atoms with Crippen LogP contribution in [0.5, 0.6) is 0 Å². The van der Waals surface area contributed by atoms with Crippen LogP contribution in [0, 0.1) is 11.8 Å². The van der Waals surface area contributed by atoms with E-state index in [0.717, 1.165) is 49.0 Å². The Morgan fingerprint density at radius 3 is 2.63 bits per heavy atom. The smallest absolute Gasteiger partial charge is 0.262 e. The van der Waals surface area contributed by atoms with E-state index in [1.165, 1.54) is 11.3 Å². The zero-order chi connectivity index (χ0) is 24.9. The van der Waals surface area contributed by atoms with Crippen LogP contribution in [-0.2, 0) is 9.59 Å². The minimum Gasteiger partial charge on any atom is -0.339 e. The Balaban J connectivity index is 0.00000141. The molecule has 1 N–H and O–H groups in total. The predicted octanol–water partition coefficient (Wildman–Crippen LogP) is 5.31. The molecule has 3 fully saturated rings. The van der Waals surface area contributed by atoms with Gasteiger partial charge in [0.1, 0.15) is 6.04 Å². The van der Waals surface area contributed by atoms with Crippen LogP contribution < -0.4 is 5.32 Å². The van der Waals surface area contributed by atoms with Gasteiger partial charge in [-0.15, -0.1) is 22.9 Å². The summed E-state index contributed by atoms with van der Waals surface area (Å²) in [4.78, 5) is 46.9. The third-order valence-corrected chi connectivity index (χ3v) is 8.96. The molecule has 3 aliphatic rings. The van der Waals surface area contributed by atoms with E-state index in [0.29, 0.717) is 17.8 Å². The maximum atomic E-state index is 13.8. The standard InChI is InChI=1S/C25H28ClN3O3S.C2H6/c26-18-14-29(23-17(18)8-9-19(23)30)25(32)22(15-5-2-1-3-6-15)28-24(31)21-11-10-20(33-21)16-7-4-12-27-13-16;1-2/h4,7,10-13,15,17-18,22-23H,1-3,5-6,8-9,14H2,(H,28,31);1-2H3/t17-,18+,22+,23+;/m1./s1. The molecule has 1 aliphatic heterocycles. The first kappa shape index (κ1) is 25.8. The number of carbonyl (C=O) groups is 3. The number of hydrogen-bond acceptors (Lipinski definition) is 5. The van der Waals surface area contributed by atoms with Crippen LogP contribution in [0.15, 0.2) is 36.7 Å². The lowest BCUT2D eigenvalue weighted by molar-refractivity contribution is -0.140. The first-order chi connectivity index (χ1) is 17.0. The van der Waals surface area contributed by atoms with Crippen molar-refractivity contribution in [3.05, 3.63) is 41.5 Å². The van der Waals surface area contributed by atoms with Gasteiger partial charge in [-0.2, -0.15) is 0 Å². The molecule has 2 aliphatic carbocycles.